The second-order valence-corrected chi connectivity index (χ2v) is 3.41. The van der Waals surface area contributed by atoms with Gasteiger partial charge in [-0.15, -0.1) is 0 Å². The lowest BCUT2D eigenvalue weighted by Crippen LogP contribution is -2.08. The van der Waals surface area contributed by atoms with Gasteiger partial charge in [0.25, 0.3) is 0 Å². The number of hydrogen-bond donors (Lipinski definition) is 3. The fourth-order valence-corrected chi connectivity index (χ4v) is 1.84. The molecule has 0 aromatic heterocycles. The Balaban J connectivity index is 2.56. The second-order valence-electron chi connectivity index (χ2n) is 3.41. The smallest absolute Gasteiger partial charge is 0.161 e. The summed E-state index contributed by atoms with van der Waals surface area (Å²) in [6, 6.07) is 3.09. The number of fused-ring (bicyclic) bond motifs is 1. The minimum atomic E-state index is -0.491. The summed E-state index contributed by atoms with van der Waals surface area (Å²) in [7, 11) is 0. The standard InChI is InChI=1S/C10H12O3/c11-8-3-1-2-7-6(8)4-5-9(12)10(7)13/h4-5,8,11-13H,1-3H2/t8-/m0/s1. The molecule has 3 heteroatoms. The molecule has 1 aliphatic rings. The van der Waals surface area contributed by atoms with Gasteiger partial charge in [-0.3, -0.25) is 0 Å². The van der Waals surface area contributed by atoms with Crippen molar-refractivity contribution in [1.82, 2.24) is 0 Å². The van der Waals surface area contributed by atoms with Crippen molar-refractivity contribution in [3.05, 3.63) is 23.3 Å². The van der Waals surface area contributed by atoms with E-state index in [-0.39, 0.29) is 11.5 Å². The van der Waals surface area contributed by atoms with Gasteiger partial charge in [0.1, 0.15) is 0 Å². The highest BCUT2D eigenvalue weighted by Gasteiger charge is 2.21. The Hall–Kier alpha value is -1.22. The van der Waals surface area contributed by atoms with Gasteiger partial charge in [0.2, 0.25) is 0 Å². The van der Waals surface area contributed by atoms with Crippen LogP contribution in [0.2, 0.25) is 0 Å². The quantitative estimate of drug-likeness (QED) is 0.530. The van der Waals surface area contributed by atoms with Crippen LogP contribution in [0.3, 0.4) is 0 Å². The number of hydrogen-bond acceptors (Lipinski definition) is 3. The molecule has 0 saturated heterocycles. The first-order valence-electron chi connectivity index (χ1n) is 4.42. The summed E-state index contributed by atoms with van der Waals surface area (Å²) >= 11 is 0. The van der Waals surface area contributed by atoms with Crippen LogP contribution in [-0.2, 0) is 6.42 Å². The van der Waals surface area contributed by atoms with Crippen LogP contribution in [0.4, 0.5) is 0 Å². The Morgan fingerprint density at radius 3 is 2.77 bits per heavy atom. The minimum Gasteiger partial charge on any atom is -0.504 e. The van der Waals surface area contributed by atoms with E-state index in [1.807, 2.05) is 0 Å². The lowest BCUT2D eigenvalue weighted by Gasteiger charge is -2.22. The molecule has 1 aliphatic carbocycles. The summed E-state index contributed by atoms with van der Waals surface area (Å²) in [5.41, 5.74) is 1.44. The molecule has 3 N–H and O–H groups in total. The Morgan fingerprint density at radius 1 is 1.23 bits per heavy atom. The van der Waals surface area contributed by atoms with Gasteiger partial charge >= 0.3 is 0 Å². The van der Waals surface area contributed by atoms with Gasteiger partial charge in [-0.2, -0.15) is 0 Å². The summed E-state index contributed by atoms with van der Waals surface area (Å²) in [4.78, 5) is 0. The molecule has 2 rings (SSSR count). The van der Waals surface area contributed by atoms with Crippen LogP contribution in [0.25, 0.3) is 0 Å². The van der Waals surface area contributed by atoms with Crippen molar-refractivity contribution in [3.8, 4) is 11.5 Å². The van der Waals surface area contributed by atoms with Crippen LogP contribution >= 0.6 is 0 Å². The minimum absolute atomic E-state index is 0.0729. The van der Waals surface area contributed by atoms with E-state index in [2.05, 4.69) is 0 Å². The topological polar surface area (TPSA) is 60.7 Å². The molecule has 0 amide bonds. The highest BCUT2D eigenvalue weighted by Crippen LogP contribution is 2.39. The fraction of sp³-hybridized carbons (Fsp3) is 0.400. The van der Waals surface area contributed by atoms with Crippen molar-refractivity contribution in [3.63, 3.8) is 0 Å². The molecule has 0 saturated carbocycles. The van der Waals surface area contributed by atoms with Crippen LogP contribution in [0.15, 0.2) is 12.1 Å². The molecule has 1 aromatic carbocycles. The summed E-state index contributed by atoms with van der Waals surface area (Å²) in [6.07, 6.45) is 1.82. The first-order valence-corrected chi connectivity index (χ1v) is 4.42. The van der Waals surface area contributed by atoms with Gasteiger partial charge in [0.15, 0.2) is 11.5 Å². The van der Waals surface area contributed by atoms with Crippen LogP contribution in [0.1, 0.15) is 30.1 Å². The number of aliphatic hydroxyl groups excluding tert-OH is 1. The van der Waals surface area contributed by atoms with Crippen LogP contribution in [-0.4, -0.2) is 15.3 Å². The first-order chi connectivity index (χ1) is 6.20. The summed E-state index contributed by atoms with van der Waals surface area (Å²) < 4.78 is 0. The molecular weight excluding hydrogens is 168 g/mol. The van der Waals surface area contributed by atoms with E-state index in [1.54, 1.807) is 6.07 Å². The maximum absolute atomic E-state index is 9.58. The molecular formula is C10H12O3. The third-order valence-electron chi connectivity index (χ3n) is 2.56. The van der Waals surface area contributed by atoms with Crippen molar-refractivity contribution in [1.29, 1.82) is 0 Å². The molecule has 0 unspecified atom stereocenters. The number of rotatable bonds is 0. The Kier molecular flexibility index (Phi) is 1.88. The van der Waals surface area contributed by atoms with Crippen molar-refractivity contribution in [2.45, 2.75) is 25.4 Å². The van der Waals surface area contributed by atoms with Crippen molar-refractivity contribution in [2.75, 3.05) is 0 Å². The average Bonchev–Trinajstić information content (AvgIpc) is 2.12. The molecule has 0 fully saturated rings. The summed E-state index contributed by atoms with van der Waals surface area (Å²) in [5, 5.41) is 28.3. The zero-order chi connectivity index (χ0) is 9.42. The van der Waals surface area contributed by atoms with Gasteiger partial charge in [-0.25, -0.2) is 0 Å². The molecule has 1 atom stereocenters. The second kappa shape index (κ2) is 2.92. The fourth-order valence-electron chi connectivity index (χ4n) is 1.84. The number of aliphatic hydroxyl groups is 1. The van der Waals surface area contributed by atoms with Gasteiger partial charge < -0.3 is 15.3 Å². The predicted octanol–water partition coefficient (Wildman–Crippen LogP) is 1.47. The summed E-state index contributed by atoms with van der Waals surface area (Å²) in [5.74, 6) is -0.177. The molecule has 70 valence electrons. The van der Waals surface area contributed by atoms with Crippen molar-refractivity contribution < 1.29 is 15.3 Å². The monoisotopic (exact) mass is 180 g/mol. The molecule has 0 bridgehead atoms. The lowest BCUT2D eigenvalue weighted by molar-refractivity contribution is 0.155. The van der Waals surface area contributed by atoms with Gasteiger partial charge in [0, 0.05) is 5.56 Å². The maximum atomic E-state index is 9.58. The van der Waals surface area contributed by atoms with E-state index in [0.717, 1.165) is 24.8 Å². The van der Waals surface area contributed by atoms with E-state index < -0.39 is 6.10 Å². The van der Waals surface area contributed by atoms with Crippen LogP contribution in [0.5, 0.6) is 11.5 Å². The normalized spacial score (nSPS) is 21.2. The van der Waals surface area contributed by atoms with Crippen molar-refractivity contribution >= 4 is 0 Å². The average molecular weight is 180 g/mol. The number of phenols is 2. The van der Waals surface area contributed by atoms with Gasteiger partial charge in [-0.05, 0) is 30.9 Å². The van der Waals surface area contributed by atoms with E-state index in [0.29, 0.717) is 5.56 Å². The number of aromatic hydroxyl groups is 2. The first kappa shape index (κ1) is 8.38. The molecule has 0 radical (unpaired) electrons. The van der Waals surface area contributed by atoms with Crippen molar-refractivity contribution in [2.24, 2.45) is 0 Å². The highest BCUT2D eigenvalue weighted by atomic mass is 16.3. The van der Waals surface area contributed by atoms with E-state index in [9.17, 15) is 15.3 Å². The molecule has 0 aliphatic heterocycles. The third kappa shape index (κ3) is 1.25. The Bertz CT molecular complexity index is 333. The Labute approximate surface area is 76.3 Å². The SMILES string of the molecule is Oc1ccc2c(c1O)CCC[C@@H]2O. The van der Waals surface area contributed by atoms with E-state index in [4.69, 9.17) is 0 Å². The molecule has 13 heavy (non-hydrogen) atoms. The van der Waals surface area contributed by atoms with Crippen LogP contribution < -0.4 is 0 Å². The van der Waals surface area contributed by atoms with E-state index >= 15 is 0 Å². The molecule has 0 heterocycles. The third-order valence-corrected chi connectivity index (χ3v) is 2.56. The highest BCUT2D eigenvalue weighted by molar-refractivity contribution is 5.50. The Morgan fingerprint density at radius 2 is 2.00 bits per heavy atom. The summed E-state index contributed by atoms with van der Waals surface area (Å²) in [6.45, 7) is 0. The van der Waals surface area contributed by atoms with E-state index in [1.165, 1.54) is 6.07 Å². The zero-order valence-corrected chi connectivity index (χ0v) is 7.20. The largest absolute Gasteiger partial charge is 0.504 e. The predicted molar refractivity (Wildman–Crippen MR) is 47.7 cm³/mol. The molecule has 3 nitrogen and oxygen atoms in total. The van der Waals surface area contributed by atoms with Gasteiger partial charge in [-0.1, -0.05) is 6.07 Å². The molecule has 0 spiro atoms. The molecule has 1 aromatic rings. The van der Waals surface area contributed by atoms with Crippen LogP contribution in [0, 0.1) is 0 Å². The number of benzene rings is 1. The van der Waals surface area contributed by atoms with Gasteiger partial charge in [0.05, 0.1) is 6.10 Å². The zero-order valence-electron chi connectivity index (χ0n) is 7.20. The maximum Gasteiger partial charge on any atom is 0.161 e. The lowest BCUT2D eigenvalue weighted by atomic mass is 9.88. The number of phenolic OH excluding ortho intramolecular Hbond substituents is 2.